The molecule has 2 rings (SSSR count). The molecule has 1 heterocycles. The van der Waals surface area contributed by atoms with Crippen molar-refractivity contribution in [2.75, 3.05) is 29.5 Å². The van der Waals surface area contributed by atoms with Gasteiger partial charge in [0.05, 0.1) is 11.3 Å². The molecule has 2 nitrogen and oxygen atoms in total. The number of hydrogen-bond donors (Lipinski definition) is 0. The highest BCUT2D eigenvalue weighted by molar-refractivity contribution is 7.99. The molecule has 0 amide bonds. The molecule has 1 aromatic rings. The Balaban J connectivity index is 2.32. The van der Waals surface area contributed by atoms with Crippen LogP contribution >= 0.6 is 11.8 Å². The second-order valence-electron chi connectivity index (χ2n) is 3.73. The van der Waals surface area contributed by atoms with Gasteiger partial charge in [0.25, 0.3) is 0 Å². The van der Waals surface area contributed by atoms with Gasteiger partial charge in [-0.3, -0.25) is 0 Å². The van der Waals surface area contributed by atoms with E-state index in [9.17, 15) is 0 Å². The molecule has 0 atom stereocenters. The summed E-state index contributed by atoms with van der Waals surface area (Å²) in [5, 5.41) is 9.06. The van der Waals surface area contributed by atoms with Crippen molar-refractivity contribution in [2.24, 2.45) is 0 Å². The molecule has 1 aliphatic heterocycles. The topological polar surface area (TPSA) is 27.0 Å². The van der Waals surface area contributed by atoms with Crippen LogP contribution in [0, 0.1) is 18.3 Å². The number of rotatable bonds is 1. The van der Waals surface area contributed by atoms with E-state index in [1.54, 1.807) is 0 Å². The van der Waals surface area contributed by atoms with Gasteiger partial charge in [-0.25, -0.2) is 0 Å². The van der Waals surface area contributed by atoms with E-state index in [0.717, 1.165) is 24.3 Å². The fraction of sp³-hybridized carbons (Fsp3) is 0.417. The lowest BCUT2D eigenvalue weighted by molar-refractivity contribution is 0.856. The van der Waals surface area contributed by atoms with Crippen molar-refractivity contribution < 1.29 is 0 Å². The van der Waals surface area contributed by atoms with Crippen LogP contribution in [-0.4, -0.2) is 24.6 Å². The lowest BCUT2D eigenvalue weighted by Crippen LogP contribution is -2.33. The Labute approximate surface area is 94.9 Å². The fourth-order valence-electron chi connectivity index (χ4n) is 1.80. The van der Waals surface area contributed by atoms with E-state index in [1.807, 2.05) is 23.9 Å². The Kier molecular flexibility index (Phi) is 3.17. The fourth-order valence-corrected chi connectivity index (χ4v) is 2.71. The Morgan fingerprint density at radius 3 is 2.73 bits per heavy atom. The second-order valence-corrected chi connectivity index (χ2v) is 4.96. The maximum atomic E-state index is 9.06. The molecule has 0 aromatic heterocycles. The molecule has 0 radical (unpaired) electrons. The molecular weight excluding hydrogens is 204 g/mol. The molecule has 0 bridgehead atoms. The summed E-state index contributed by atoms with van der Waals surface area (Å²) in [5.41, 5.74) is 3.13. The average Bonchev–Trinajstić information content (AvgIpc) is 2.30. The first-order valence-corrected chi connectivity index (χ1v) is 6.30. The van der Waals surface area contributed by atoms with Crippen molar-refractivity contribution in [1.29, 1.82) is 5.26 Å². The van der Waals surface area contributed by atoms with Gasteiger partial charge in [-0.1, -0.05) is 6.07 Å². The van der Waals surface area contributed by atoms with Crippen LogP contribution in [0.4, 0.5) is 5.69 Å². The normalized spacial score (nSPS) is 16.1. The smallest absolute Gasteiger partial charge is 0.101 e. The molecule has 0 saturated carbocycles. The van der Waals surface area contributed by atoms with Gasteiger partial charge in [-0.2, -0.15) is 17.0 Å². The number of thioether (sulfide) groups is 1. The van der Waals surface area contributed by atoms with Crippen LogP contribution in [0.3, 0.4) is 0 Å². The third-order valence-corrected chi connectivity index (χ3v) is 3.57. The van der Waals surface area contributed by atoms with Gasteiger partial charge in [-0.05, 0) is 24.6 Å². The van der Waals surface area contributed by atoms with E-state index in [2.05, 4.69) is 24.0 Å². The Hall–Kier alpha value is -1.14. The highest BCUT2D eigenvalue weighted by Gasteiger charge is 2.14. The van der Waals surface area contributed by atoms with Crippen LogP contribution in [0.15, 0.2) is 18.2 Å². The average molecular weight is 218 g/mol. The first-order valence-electron chi connectivity index (χ1n) is 5.15. The van der Waals surface area contributed by atoms with E-state index >= 15 is 0 Å². The minimum Gasteiger partial charge on any atom is -0.369 e. The van der Waals surface area contributed by atoms with Crippen molar-refractivity contribution >= 4 is 17.4 Å². The third kappa shape index (κ3) is 2.27. The molecule has 0 spiro atoms. The molecule has 1 saturated heterocycles. The summed E-state index contributed by atoms with van der Waals surface area (Å²) in [6, 6.07) is 8.31. The van der Waals surface area contributed by atoms with E-state index in [1.165, 1.54) is 17.1 Å². The Morgan fingerprint density at radius 2 is 2.07 bits per heavy atom. The second kappa shape index (κ2) is 4.59. The molecule has 0 N–H and O–H groups in total. The molecule has 1 aromatic carbocycles. The summed E-state index contributed by atoms with van der Waals surface area (Å²) in [5.74, 6) is 2.33. The van der Waals surface area contributed by atoms with Crippen LogP contribution in [0.5, 0.6) is 0 Å². The summed E-state index contributed by atoms with van der Waals surface area (Å²) in [6.45, 7) is 4.19. The number of nitrogens with zero attached hydrogens (tertiary/aromatic N) is 2. The molecule has 0 unspecified atom stereocenters. The number of aryl methyl sites for hydroxylation is 1. The van der Waals surface area contributed by atoms with Gasteiger partial charge in [-0.15, -0.1) is 0 Å². The monoisotopic (exact) mass is 218 g/mol. The van der Waals surface area contributed by atoms with E-state index in [-0.39, 0.29) is 0 Å². The van der Waals surface area contributed by atoms with Gasteiger partial charge in [0.2, 0.25) is 0 Å². The molecule has 0 aliphatic carbocycles. The highest BCUT2D eigenvalue weighted by Crippen LogP contribution is 2.24. The third-order valence-electron chi connectivity index (χ3n) is 2.63. The number of nitriles is 1. The first-order chi connectivity index (χ1) is 7.31. The maximum absolute atomic E-state index is 9.06. The van der Waals surface area contributed by atoms with E-state index in [4.69, 9.17) is 5.26 Å². The maximum Gasteiger partial charge on any atom is 0.101 e. The minimum atomic E-state index is 0.799. The van der Waals surface area contributed by atoms with Crippen molar-refractivity contribution in [3.63, 3.8) is 0 Å². The van der Waals surface area contributed by atoms with Gasteiger partial charge < -0.3 is 4.90 Å². The molecule has 78 valence electrons. The van der Waals surface area contributed by atoms with Crippen LogP contribution in [0.2, 0.25) is 0 Å². The largest absolute Gasteiger partial charge is 0.369 e. The minimum absolute atomic E-state index is 0.799. The zero-order valence-corrected chi connectivity index (χ0v) is 9.68. The summed E-state index contributed by atoms with van der Waals surface area (Å²) in [6.07, 6.45) is 0. The molecular formula is C12H14N2S. The van der Waals surface area contributed by atoms with Gasteiger partial charge in [0.15, 0.2) is 0 Å². The highest BCUT2D eigenvalue weighted by atomic mass is 32.2. The summed E-state index contributed by atoms with van der Waals surface area (Å²) < 4.78 is 0. The molecule has 3 heteroatoms. The molecule has 1 fully saturated rings. The molecule has 15 heavy (non-hydrogen) atoms. The lowest BCUT2D eigenvalue weighted by Gasteiger charge is -2.29. The van der Waals surface area contributed by atoms with Crippen molar-refractivity contribution in [2.45, 2.75) is 6.92 Å². The number of benzene rings is 1. The van der Waals surface area contributed by atoms with Crippen LogP contribution < -0.4 is 4.90 Å². The van der Waals surface area contributed by atoms with Gasteiger partial charge >= 0.3 is 0 Å². The van der Waals surface area contributed by atoms with E-state index in [0.29, 0.717) is 0 Å². The van der Waals surface area contributed by atoms with Crippen molar-refractivity contribution in [3.8, 4) is 6.07 Å². The SMILES string of the molecule is Cc1ccc(C#N)c(N2CCSCC2)c1. The van der Waals surface area contributed by atoms with Crippen LogP contribution in [0.25, 0.3) is 0 Å². The summed E-state index contributed by atoms with van der Waals surface area (Å²) in [7, 11) is 0. The number of anilines is 1. The van der Waals surface area contributed by atoms with Gasteiger partial charge in [0.1, 0.15) is 6.07 Å². The summed E-state index contributed by atoms with van der Waals surface area (Å²) >= 11 is 1.99. The quantitative estimate of drug-likeness (QED) is 0.724. The predicted octanol–water partition coefficient (Wildman–Crippen LogP) is 2.42. The molecule has 1 aliphatic rings. The zero-order chi connectivity index (χ0) is 10.7. The Bertz CT molecular complexity index is 389. The van der Waals surface area contributed by atoms with Crippen LogP contribution in [-0.2, 0) is 0 Å². The number of hydrogen-bond acceptors (Lipinski definition) is 3. The predicted molar refractivity (Wildman–Crippen MR) is 65.4 cm³/mol. The van der Waals surface area contributed by atoms with Crippen molar-refractivity contribution in [3.05, 3.63) is 29.3 Å². The lowest BCUT2D eigenvalue weighted by atomic mass is 10.1. The summed E-state index contributed by atoms with van der Waals surface area (Å²) in [4.78, 5) is 2.32. The Morgan fingerprint density at radius 1 is 1.33 bits per heavy atom. The zero-order valence-electron chi connectivity index (χ0n) is 8.86. The van der Waals surface area contributed by atoms with E-state index < -0.39 is 0 Å². The van der Waals surface area contributed by atoms with Crippen LogP contribution in [0.1, 0.15) is 11.1 Å². The standard InChI is InChI=1S/C12H14N2S/c1-10-2-3-11(9-13)12(8-10)14-4-6-15-7-5-14/h2-3,8H,4-7H2,1H3. The first kappa shape index (κ1) is 10.4. The van der Waals surface area contributed by atoms with Crippen molar-refractivity contribution in [1.82, 2.24) is 0 Å². The van der Waals surface area contributed by atoms with Gasteiger partial charge in [0, 0.05) is 24.6 Å².